The van der Waals surface area contributed by atoms with Crippen LogP contribution in [0.5, 0.6) is 5.88 Å². The van der Waals surface area contributed by atoms with Crippen LogP contribution in [0.1, 0.15) is 54.8 Å². The Bertz CT molecular complexity index is 892. The number of pyridine rings is 1. The van der Waals surface area contributed by atoms with Crippen molar-refractivity contribution in [2.75, 3.05) is 6.61 Å². The Morgan fingerprint density at radius 2 is 1.93 bits per heavy atom. The summed E-state index contributed by atoms with van der Waals surface area (Å²) >= 11 is 0. The van der Waals surface area contributed by atoms with Crippen LogP contribution in [-0.2, 0) is 12.7 Å². The van der Waals surface area contributed by atoms with Crippen molar-refractivity contribution in [1.82, 2.24) is 14.8 Å². The van der Waals surface area contributed by atoms with Crippen molar-refractivity contribution < 1.29 is 26.7 Å². The normalized spacial score (nSPS) is 15.7. The molecule has 0 saturated heterocycles. The molecule has 0 N–H and O–H groups in total. The highest BCUT2D eigenvalue weighted by Crippen LogP contribution is 2.33. The highest BCUT2D eigenvalue weighted by Gasteiger charge is 2.34. The monoisotopic (exact) mass is 417 g/mol. The summed E-state index contributed by atoms with van der Waals surface area (Å²) in [6.07, 6.45) is -1.86. The van der Waals surface area contributed by atoms with Crippen LogP contribution in [-0.4, -0.2) is 27.8 Å². The second kappa shape index (κ2) is 8.87. The third-order valence-corrected chi connectivity index (χ3v) is 4.88. The van der Waals surface area contributed by atoms with E-state index in [2.05, 4.69) is 10.1 Å². The predicted molar refractivity (Wildman–Crippen MR) is 94.2 cm³/mol. The van der Waals surface area contributed by atoms with E-state index in [9.17, 15) is 26.7 Å². The molecule has 10 heteroatoms. The predicted octanol–water partition coefficient (Wildman–Crippen LogP) is 4.40. The summed E-state index contributed by atoms with van der Waals surface area (Å²) in [7, 11) is 0. The van der Waals surface area contributed by atoms with E-state index >= 15 is 0 Å². The van der Waals surface area contributed by atoms with Gasteiger partial charge in [0.1, 0.15) is 0 Å². The first kappa shape index (κ1) is 21.2. The van der Waals surface area contributed by atoms with Gasteiger partial charge < -0.3 is 4.74 Å². The lowest BCUT2D eigenvalue weighted by atomic mass is 9.85. The van der Waals surface area contributed by atoms with Crippen molar-refractivity contribution in [3.63, 3.8) is 0 Å². The number of aromatic nitrogens is 3. The van der Waals surface area contributed by atoms with Gasteiger partial charge in [0.15, 0.2) is 6.61 Å². The van der Waals surface area contributed by atoms with E-state index in [1.165, 1.54) is 12.3 Å². The average molecular weight is 417 g/mol. The fourth-order valence-corrected chi connectivity index (χ4v) is 3.53. The molecular weight excluding hydrogens is 397 g/mol. The standard InChI is InChI=1S/C19H20F5N3O2/c20-16(21)11-29-17-9-13(12-5-2-1-3-6-12)18(28)27(26-17)10-15-14(19(22,23)24)7-4-8-25-15/h4,7-9,12,16H,1-3,5-6,10-11H2. The summed E-state index contributed by atoms with van der Waals surface area (Å²) in [5.74, 6) is -0.319. The fraction of sp³-hybridized carbons (Fsp3) is 0.526. The maximum Gasteiger partial charge on any atom is 0.418 e. The molecule has 1 aliphatic rings. The Labute approximate surface area is 163 Å². The van der Waals surface area contributed by atoms with Crippen LogP contribution in [0.4, 0.5) is 22.0 Å². The molecule has 0 aliphatic heterocycles. The lowest BCUT2D eigenvalue weighted by Crippen LogP contribution is -2.30. The van der Waals surface area contributed by atoms with E-state index in [0.29, 0.717) is 5.56 Å². The highest BCUT2D eigenvalue weighted by molar-refractivity contribution is 5.25. The molecule has 1 fully saturated rings. The van der Waals surface area contributed by atoms with Crippen molar-refractivity contribution >= 4 is 0 Å². The third-order valence-electron chi connectivity index (χ3n) is 4.88. The third kappa shape index (κ3) is 5.30. The first-order valence-corrected chi connectivity index (χ1v) is 9.30. The van der Waals surface area contributed by atoms with E-state index in [0.717, 1.165) is 48.9 Å². The van der Waals surface area contributed by atoms with Crippen LogP contribution in [0, 0.1) is 0 Å². The van der Waals surface area contributed by atoms with Crippen LogP contribution < -0.4 is 10.3 Å². The molecule has 0 radical (unpaired) electrons. The SMILES string of the molecule is O=c1c(C2CCCCC2)cc(OCC(F)F)nn1Cc1ncccc1C(F)(F)F. The number of hydrogen-bond donors (Lipinski definition) is 0. The Balaban J connectivity index is 2.01. The number of ether oxygens (including phenoxy) is 1. The summed E-state index contributed by atoms with van der Waals surface area (Å²) < 4.78 is 70.6. The molecule has 3 rings (SSSR count). The van der Waals surface area contributed by atoms with Gasteiger partial charge in [-0.3, -0.25) is 9.78 Å². The van der Waals surface area contributed by atoms with Crippen LogP contribution >= 0.6 is 0 Å². The molecule has 29 heavy (non-hydrogen) atoms. The molecule has 2 aromatic heterocycles. The van der Waals surface area contributed by atoms with Crippen LogP contribution in [0.3, 0.4) is 0 Å². The maximum atomic E-state index is 13.3. The van der Waals surface area contributed by atoms with Crippen LogP contribution in [0.2, 0.25) is 0 Å². The zero-order valence-electron chi connectivity index (χ0n) is 15.5. The molecule has 0 atom stereocenters. The second-order valence-electron chi connectivity index (χ2n) is 6.93. The van der Waals surface area contributed by atoms with Crippen molar-refractivity contribution in [3.05, 3.63) is 51.6 Å². The van der Waals surface area contributed by atoms with Gasteiger partial charge in [-0.2, -0.15) is 13.2 Å². The van der Waals surface area contributed by atoms with Gasteiger partial charge in [0.25, 0.3) is 12.0 Å². The molecule has 0 unspecified atom stereocenters. The van der Waals surface area contributed by atoms with Gasteiger partial charge >= 0.3 is 6.18 Å². The molecule has 0 bridgehead atoms. The molecule has 158 valence electrons. The number of halogens is 5. The van der Waals surface area contributed by atoms with E-state index in [1.54, 1.807) is 0 Å². The zero-order chi connectivity index (χ0) is 21.0. The highest BCUT2D eigenvalue weighted by atomic mass is 19.4. The van der Waals surface area contributed by atoms with Crippen molar-refractivity contribution in [3.8, 4) is 5.88 Å². The van der Waals surface area contributed by atoms with Crippen LogP contribution in [0.25, 0.3) is 0 Å². The summed E-state index contributed by atoms with van der Waals surface area (Å²) in [4.78, 5) is 16.7. The van der Waals surface area contributed by atoms with Gasteiger partial charge in [0, 0.05) is 17.8 Å². The summed E-state index contributed by atoms with van der Waals surface area (Å²) in [5, 5.41) is 3.86. The summed E-state index contributed by atoms with van der Waals surface area (Å²) in [6, 6.07) is 3.35. The first-order valence-electron chi connectivity index (χ1n) is 9.30. The van der Waals surface area contributed by atoms with E-state index < -0.39 is 36.9 Å². The van der Waals surface area contributed by atoms with Gasteiger partial charge in [-0.05, 0) is 30.9 Å². The number of rotatable bonds is 6. The minimum Gasteiger partial charge on any atom is -0.471 e. The number of alkyl halides is 5. The smallest absolute Gasteiger partial charge is 0.418 e. The van der Waals surface area contributed by atoms with Crippen molar-refractivity contribution in [2.45, 2.75) is 57.2 Å². The van der Waals surface area contributed by atoms with Gasteiger partial charge in [-0.25, -0.2) is 13.5 Å². The number of hydrogen-bond acceptors (Lipinski definition) is 4. The van der Waals surface area contributed by atoms with Gasteiger partial charge in [-0.15, -0.1) is 5.10 Å². The van der Waals surface area contributed by atoms with E-state index in [4.69, 9.17) is 4.74 Å². The Hall–Kier alpha value is -2.52. The second-order valence-corrected chi connectivity index (χ2v) is 6.93. The first-order chi connectivity index (χ1) is 13.8. The summed E-state index contributed by atoms with van der Waals surface area (Å²) in [5.41, 5.74) is -1.59. The van der Waals surface area contributed by atoms with Gasteiger partial charge in [0.2, 0.25) is 5.88 Å². The quantitative estimate of drug-likeness (QED) is 0.654. The molecule has 0 spiro atoms. The average Bonchev–Trinajstić information content (AvgIpc) is 2.68. The van der Waals surface area contributed by atoms with E-state index in [-0.39, 0.29) is 17.5 Å². The lowest BCUT2D eigenvalue weighted by molar-refractivity contribution is -0.138. The molecule has 2 heterocycles. The molecular formula is C19H20F5N3O2. The fourth-order valence-electron chi connectivity index (χ4n) is 3.53. The topological polar surface area (TPSA) is 57.0 Å². The summed E-state index contributed by atoms with van der Waals surface area (Å²) in [6.45, 7) is -1.47. The zero-order valence-corrected chi connectivity index (χ0v) is 15.5. The lowest BCUT2D eigenvalue weighted by Gasteiger charge is -2.22. The largest absolute Gasteiger partial charge is 0.471 e. The van der Waals surface area contributed by atoms with Crippen LogP contribution in [0.15, 0.2) is 29.2 Å². The molecule has 0 amide bonds. The van der Waals surface area contributed by atoms with Gasteiger partial charge in [-0.1, -0.05) is 19.3 Å². The molecule has 2 aromatic rings. The molecule has 1 aliphatic carbocycles. The number of nitrogens with zero attached hydrogens (tertiary/aromatic N) is 3. The maximum absolute atomic E-state index is 13.3. The van der Waals surface area contributed by atoms with Crippen molar-refractivity contribution in [1.29, 1.82) is 0 Å². The Morgan fingerprint density at radius 1 is 1.21 bits per heavy atom. The Morgan fingerprint density at radius 3 is 2.59 bits per heavy atom. The Kier molecular flexibility index (Phi) is 6.49. The van der Waals surface area contributed by atoms with Crippen molar-refractivity contribution in [2.24, 2.45) is 0 Å². The molecule has 0 aromatic carbocycles. The van der Waals surface area contributed by atoms with E-state index in [1.807, 2.05) is 0 Å². The van der Waals surface area contributed by atoms with Gasteiger partial charge in [0.05, 0.1) is 17.8 Å². The molecule has 5 nitrogen and oxygen atoms in total. The molecule has 1 saturated carbocycles. The minimum atomic E-state index is -4.65. The minimum absolute atomic E-state index is 0.106.